The monoisotopic (exact) mass is 592 g/mol. The molecule has 43 heavy (non-hydrogen) atoms. The van der Waals surface area contributed by atoms with E-state index in [1.54, 1.807) is 7.11 Å². The Morgan fingerprint density at radius 1 is 0.814 bits per heavy atom. The summed E-state index contributed by atoms with van der Waals surface area (Å²) in [4.78, 5) is 27.0. The maximum atomic E-state index is 12.6. The van der Waals surface area contributed by atoms with Gasteiger partial charge in [-0.15, -0.1) is 0 Å². The molecule has 2 amide bonds. The van der Waals surface area contributed by atoms with E-state index in [9.17, 15) is 4.79 Å². The smallest absolute Gasteiger partial charge is 0.317 e. The van der Waals surface area contributed by atoms with Gasteiger partial charge in [-0.3, -0.25) is 4.90 Å². The molecule has 234 valence electrons. The van der Waals surface area contributed by atoms with Crippen LogP contribution in [0.1, 0.15) is 32.1 Å². The second-order valence-corrected chi connectivity index (χ2v) is 12.3. The van der Waals surface area contributed by atoms with Crippen LogP contribution in [0.5, 0.6) is 5.75 Å². The summed E-state index contributed by atoms with van der Waals surface area (Å²) < 4.78 is 16.4. The first-order valence-electron chi connectivity index (χ1n) is 16.2. The summed E-state index contributed by atoms with van der Waals surface area (Å²) in [6.07, 6.45) is 5.85. The Kier molecular flexibility index (Phi) is 10.2. The summed E-state index contributed by atoms with van der Waals surface area (Å²) >= 11 is 0. The Labute approximate surface area is 256 Å². The fourth-order valence-electron chi connectivity index (χ4n) is 6.76. The number of methoxy groups -OCH3 is 1. The lowest BCUT2D eigenvalue weighted by Gasteiger charge is -2.37. The van der Waals surface area contributed by atoms with Crippen LogP contribution in [0.2, 0.25) is 0 Å². The van der Waals surface area contributed by atoms with Crippen molar-refractivity contribution in [3.8, 4) is 16.9 Å². The molecule has 10 heteroatoms. The van der Waals surface area contributed by atoms with Crippen molar-refractivity contribution in [2.75, 3.05) is 102 Å². The van der Waals surface area contributed by atoms with E-state index < -0.39 is 0 Å². The van der Waals surface area contributed by atoms with E-state index in [1.165, 1.54) is 30.4 Å². The summed E-state index contributed by atoms with van der Waals surface area (Å²) in [6, 6.07) is 13.2. The number of pyridine rings is 1. The van der Waals surface area contributed by atoms with Crippen molar-refractivity contribution >= 4 is 17.7 Å². The molecule has 0 radical (unpaired) electrons. The molecule has 0 atom stereocenters. The lowest BCUT2D eigenvalue weighted by molar-refractivity contribution is 0.0519. The van der Waals surface area contributed by atoms with E-state index in [0.29, 0.717) is 32.3 Å². The van der Waals surface area contributed by atoms with Gasteiger partial charge in [-0.2, -0.15) is 0 Å². The van der Waals surface area contributed by atoms with Crippen molar-refractivity contribution in [3.05, 3.63) is 36.4 Å². The molecule has 1 N–H and O–H groups in total. The lowest BCUT2D eigenvalue weighted by Crippen LogP contribution is -2.50. The Hall–Kier alpha value is -3.08. The molecule has 0 bridgehead atoms. The van der Waals surface area contributed by atoms with Crippen molar-refractivity contribution in [3.63, 3.8) is 0 Å². The highest BCUT2D eigenvalue weighted by Gasteiger charge is 2.26. The van der Waals surface area contributed by atoms with Crippen LogP contribution in [0, 0.1) is 5.92 Å². The molecule has 1 aromatic carbocycles. The van der Waals surface area contributed by atoms with E-state index in [0.717, 1.165) is 95.2 Å². The SMILES string of the molecule is COc1ccc(-c2cc(N3CCOCC3)nc(N3CCN(CC[C@H]4CC[C@H](NC(=O)N5CCOCC5)CC4)CC3)c2)cc1. The van der Waals surface area contributed by atoms with E-state index in [4.69, 9.17) is 19.2 Å². The first-order valence-corrected chi connectivity index (χ1v) is 16.2. The van der Waals surface area contributed by atoms with Gasteiger partial charge in [0.2, 0.25) is 0 Å². The van der Waals surface area contributed by atoms with E-state index in [1.807, 2.05) is 17.0 Å². The number of aromatic nitrogens is 1. The van der Waals surface area contributed by atoms with Gasteiger partial charge in [0.1, 0.15) is 17.4 Å². The minimum absolute atomic E-state index is 0.0886. The van der Waals surface area contributed by atoms with E-state index >= 15 is 0 Å². The highest BCUT2D eigenvalue weighted by atomic mass is 16.5. The van der Waals surface area contributed by atoms with Gasteiger partial charge in [0.25, 0.3) is 0 Å². The Morgan fingerprint density at radius 2 is 1.42 bits per heavy atom. The average Bonchev–Trinajstić information content (AvgIpc) is 3.09. The van der Waals surface area contributed by atoms with Gasteiger partial charge in [-0.05, 0) is 80.0 Å². The number of carbonyl (C=O) groups excluding carboxylic acids is 1. The van der Waals surface area contributed by atoms with Crippen molar-refractivity contribution < 1.29 is 19.0 Å². The molecule has 6 rings (SSSR count). The fourth-order valence-corrected chi connectivity index (χ4v) is 6.76. The van der Waals surface area contributed by atoms with Crippen molar-refractivity contribution in [2.24, 2.45) is 5.92 Å². The Bertz CT molecular complexity index is 1170. The van der Waals surface area contributed by atoms with Gasteiger partial charge >= 0.3 is 6.03 Å². The van der Waals surface area contributed by atoms with Crippen molar-refractivity contribution in [1.29, 1.82) is 0 Å². The van der Waals surface area contributed by atoms with Crippen LogP contribution in [0.4, 0.5) is 16.4 Å². The number of morpholine rings is 2. The molecule has 3 aliphatic heterocycles. The number of piperazine rings is 1. The van der Waals surface area contributed by atoms with E-state index in [-0.39, 0.29) is 6.03 Å². The van der Waals surface area contributed by atoms with Gasteiger partial charge in [0, 0.05) is 58.4 Å². The summed E-state index contributed by atoms with van der Waals surface area (Å²) in [5.41, 5.74) is 2.36. The second kappa shape index (κ2) is 14.6. The Balaban J connectivity index is 0.996. The molecule has 4 aliphatic rings. The van der Waals surface area contributed by atoms with Crippen molar-refractivity contribution in [2.45, 2.75) is 38.1 Å². The number of anilines is 2. The number of nitrogens with one attached hydrogen (secondary N) is 1. The zero-order valence-corrected chi connectivity index (χ0v) is 25.7. The van der Waals surface area contributed by atoms with Crippen LogP contribution >= 0.6 is 0 Å². The molecule has 1 aromatic heterocycles. The number of hydrogen-bond donors (Lipinski definition) is 1. The number of ether oxygens (including phenoxy) is 3. The third-order valence-corrected chi connectivity index (χ3v) is 9.58. The molecule has 4 heterocycles. The highest BCUT2D eigenvalue weighted by molar-refractivity contribution is 5.74. The minimum Gasteiger partial charge on any atom is -0.497 e. The van der Waals surface area contributed by atoms with Gasteiger partial charge in [-0.1, -0.05) is 12.1 Å². The van der Waals surface area contributed by atoms with Crippen LogP contribution in [-0.2, 0) is 9.47 Å². The third-order valence-electron chi connectivity index (χ3n) is 9.58. The lowest BCUT2D eigenvalue weighted by atomic mass is 9.84. The molecule has 1 aliphatic carbocycles. The molecule has 10 nitrogen and oxygen atoms in total. The number of amides is 2. The largest absolute Gasteiger partial charge is 0.497 e. The number of rotatable bonds is 8. The molecular weight excluding hydrogens is 544 g/mol. The molecule has 3 saturated heterocycles. The molecule has 0 spiro atoms. The summed E-state index contributed by atoms with van der Waals surface area (Å²) in [7, 11) is 1.70. The van der Waals surface area contributed by atoms with Gasteiger partial charge in [0.15, 0.2) is 0 Å². The van der Waals surface area contributed by atoms with Crippen molar-refractivity contribution in [1.82, 2.24) is 20.1 Å². The predicted octanol–water partition coefficient (Wildman–Crippen LogP) is 3.71. The summed E-state index contributed by atoms with van der Waals surface area (Å²) in [5, 5.41) is 3.27. The first-order chi connectivity index (χ1) is 21.1. The molecule has 4 fully saturated rings. The number of benzene rings is 1. The predicted molar refractivity (Wildman–Crippen MR) is 169 cm³/mol. The van der Waals surface area contributed by atoms with Crippen LogP contribution in [-0.4, -0.2) is 119 Å². The molecule has 0 unspecified atom stereocenters. The quantitative estimate of drug-likeness (QED) is 0.497. The van der Waals surface area contributed by atoms with Crippen LogP contribution in [0.15, 0.2) is 36.4 Å². The van der Waals surface area contributed by atoms with E-state index in [2.05, 4.69) is 44.3 Å². The summed E-state index contributed by atoms with van der Waals surface area (Å²) in [5.74, 6) is 3.72. The molecular formula is C33H48N6O4. The highest BCUT2D eigenvalue weighted by Crippen LogP contribution is 2.31. The maximum absolute atomic E-state index is 12.6. The first kappa shape index (κ1) is 30.0. The second-order valence-electron chi connectivity index (χ2n) is 12.3. The topological polar surface area (TPSA) is 82.6 Å². The van der Waals surface area contributed by atoms with Gasteiger partial charge in [0.05, 0.1) is 33.5 Å². The van der Waals surface area contributed by atoms with Gasteiger partial charge in [-0.25, -0.2) is 9.78 Å². The van der Waals surface area contributed by atoms with Crippen LogP contribution in [0.3, 0.4) is 0 Å². The van der Waals surface area contributed by atoms with Crippen LogP contribution < -0.4 is 19.9 Å². The normalized spacial score (nSPS) is 23.7. The molecule has 1 saturated carbocycles. The standard InChI is InChI=1S/C33H48N6O4/c1-41-30-8-4-27(5-9-30)28-24-31(35-32(25-28)38-16-20-42-21-17-38)37-14-12-36(13-15-37)11-10-26-2-6-29(7-3-26)34-33(40)39-18-22-43-23-19-39/h4-5,8-9,24-26,29H,2-3,6-7,10-23H2,1H3,(H,34,40)/t26-,29-. The number of hydrogen-bond acceptors (Lipinski definition) is 8. The third kappa shape index (κ3) is 7.91. The number of nitrogens with zero attached hydrogens (tertiary/aromatic N) is 5. The number of carbonyl (C=O) groups is 1. The maximum Gasteiger partial charge on any atom is 0.317 e. The zero-order valence-electron chi connectivity index (χ0n) is 25.7. The Morgan fingerprint density at radius 3 is 2.05 bits per heavy atom. The average molecular weight is 593 g/mol. The fraction of sp³-hybridized carbons (Fsp3) is 0.636. The van der Waals surface area contributed by atoms with Gasteiger partial charge < -0.3 is 34.2 Å². The summed E-state index contributed by atoms with van der Waals surface area (Å²) in [6.45, 7) is 11.2. The number of urea groups is 1. The molecule has 2 aromatic rings. The minimum atomic E-state index is 0.0886. The zero-order chi connectivity index (χ0) is 29.4. The van der Waals surface area contributed by atoms with Crippen LogP contribution in [0.25, 0.3) is 11.1 Å².